The van der Waals surface area contributed by atoms with Gasteiger partial charge in [-0.1, -0.05) is 30.3 Å². The Morgan fingerprint density at radius 2 is 1.75 bits per heavy atom. The van der Waals surface area contributed by atoms with Crippen molar-refractivity contribution < 1.29 is 9.59 Å². The molecule has 2 heterocycles. The van der Waals surface area contributed by atoms with E-state index in [1.807, 2.05) is 28.0 Å². The number of carbonyl (C=O) groups is 2. The highest BCUT2D eigenvalue weighted by molar-refractivity contribution is 5.78. The smallest absolute Gasteiger partial charge is 0.317 e. The summed E-state index contributed by atoms with van der Waals surface area (Å²) < 4.78 is 0. The first-order valence-electron chi connectivity index (χ1n) is 9.09. The number of amides is 3. The first-order valence-corrected chi connectivity index (χ1v) is 9.09. The highest BCUT2D eigenvalue weighted by Gasteiger charge is 2.27. The molecule has 1 N–H and O–H groups in total. The zero-order valence-electron chi connectivity index (χ0n) is 14.2. The number of hydrogen-bond acceptors (Lipinski definition) is 2. The number of rotatable bonds is 4. The van der Waals surface area contributed by atoms with Gasteiger partial charge in [-0.25, -0.2) is 4.79 Å². The lowest BCUT2D eigenvalue weighted by atomic mass is 9.99. The van der Waals surface area contributed by atoms with Crippen LogP contribution < -0.4 is 5.32 Å². The summed E-state index contributed by atoms with van der Waals surface area (Å²) >= 11 is 0. The van der Waals surface area contributed by atoms with Gasteiger partial charge in [-0.15, -0.1) is 0 Å². The molecule has 0 aliphatic carbocycles. The summed E-state index contributed by atoms with van der Waals surface area (Å²) in [4.78, 5) is 28.2. The molecule has 0 radical (unpaired) electrons. The molecule has 130 valence electrons. The molecule has 1 aromatic carbocycles. The van der Waals surface area contributed by atoms with Crippen molar-refractivity contribution in [3.8, 4) is 0 Å². The first kappa shape index (κ1) is 16.8. The maximum Gasteiger partial charge on any atom is 0.317 e. The van der Waals surface area contributed by atoms with Gasteiger partial charge in [0.25, 0.3) is 0 Å². The molecule has 0 saturated carbocycles. The van der Waals surface area contributed by atoms with E-state index in [4.69, 9.17) is 0 Å². The van der Waals surface area contributed by atoms with Crippen molar-refractivity contribution in [1.29, 1.82) is 0 Å². The maximum atomic E-state index is 12.3. The Balaban J connectivity index is 1.39. The van der Waals surface area contributed by atoms with Gasteiger partial charge in [0.2, 0.25) is 5.91 Å². The zero-order valence-corrected chi connectivity index (χ0v) is 14.2. The summed E-state index contributed by atoms with van der Waals surface area (Å²) in [7, 11) is 0. The number of nitrogens with one attached hydrogen (secondary N) is 1. The number of nitrogens with zero attached hydrogens (tertiary/aromatic N) is 2. The number of hydrogen-bond donors (Lipinski definition) is 1. The van der Waals surface area contributed by atoms with Crippen LogP contribution in [0.2, 0.25) is 0 Å². The Morgan fingerprint density at radius 3 is 2.50 bits per heavy atom. The summed E-state index contributed by atoms with van der Waals surface area (Å²) in [5, 5.41) is 2.91. The standard InChI is InChI=1S/C19H27N3O2/c23-18(21-12-5-2-6-13-21)9-11-20-19(24)22-14-10-17(15-22)16-7-3-1-4-8-16/h1,3-4,7-8,17H,2,5-6,9-15H2,(H,20,24)/t17-/m0/s1. The van der Waals surface area contributed by atoms with Gasteiger partial charge in [-0.05, 0) is 31.2 Å². The Kier molecular flexibility index (Phi) is 5.72. The molecule has 0 aromatic heterocycles. The van der Waals surface area contributed by atoms with Crippen LogP contribution in [0.1, 0.15) is 43.6 Å². The lowest BCUT2D eigenvalue weighted by Crippen LogP contribution is -2.41. The molecule has 5 heteroatoms. The average Bonchev–Trinajstić information content (AvgIpc) is 3.13. The number of carbonyl (C=O) groups excluding carboxylic acids is 2. The van der Waals surface area contributed by atoms with Gasteiger partial charge in [-0.3, -0.25) is 4.79 Å². The van der Waals surface area contributed by atoms with E-state index in [0.29, 0.717) is 18.9 Å². The van der Waals surface area contributed by atoms with E-state index in [1.54, 1.807) is 0 Å². The fourth-order valence-electron chi connectivity index (χ4n) is 3.63. The Hall–Kier alpha value is -2.04. The average molecular weight is 329 g/mol. The molecule has 0 spiro atoms. The number of piperidine rings is 1. The molecule has 5 nitrogen and oxygen atoms in total. The highest BCUT2D eigenvalue weighted by atomic mass is 16.2. The number of likely N-dealkylation sites (tertiary alicyclic amines) is 2. The lowest BCUT2D eigenvalue weighted by Gasteiger charge is -2.27. The van der Waals surface area contributed by atoms with Crippen LogP contribution in [0.25, 0.3) is 0 Å². The minimum atomic E-state index is -0.0418. The van der Waals surface area contributed by atoms with E-state index < -0.39 is 0 Å². The largest absolute Gasteiger partial charge is 0.343 e. The molecule has 1 aromatic rings. The van der Waals surface area contributed by atoms with Gasteiger partial charge < -0.3 is 15.1 Å². The zero-order chi connectivity index (χ0) is 16.8. The van der Waals surface area contributed by atoms with Crippen LogP contribution in [0.3, 0.4) is 0 Å². The van der Waals surface area contributed by atoms with Crippen LogP contribution in [0.5, 0.6) is 0 Å². The Bertz CT molecular complexity index is 555. The van der Waals surface area contributed by atoms with Crippen LogP contribution in [0, 0.1) is 0 Å². The fraction of sp³-hybridized carbons (Fsp3) is 0.579. The van der Waals surface area contributed by atoms with Crippen LogP contribution in [-0.4, -0.2) is 54.5 Å². The molecule has 2 saturated heterocycles. The SMILES string of the molecule is O=C(CCNC(=O)N1CC[C@H](c2ccccc2)C1)N1CCCCC1. The van der Waals surface area contributed by atoms with Crippen molar-refractivity contribution in [1.82, 2.24) is 15.1 Å². The third-order valence-corrected chi connectivity index (χ3v) is 5.07. The van der Waals surface area contributed by atoms with E-state index in [0.717, 1.165) is 45.4 Å². The third kappa shape index (κ3) is 4.28. The van der Waals surface area contributed by atoms with Gasteiger partial charge in [0, 0.05) is 45.1 Å². The minimum absolute atomic E-state index is 0.0418. The molecule has 24 heavy (non-hydrogen) atoms. The summed E-state index contributed by atoms with van der Waals surface area (Å²) in [5.74, 6) is 0.588. The van der Waals surface area contributed by atoms with E-state index in [-0.39, 0.29) is 11.9 Å². The second kappa shape index (κ2) is 8.18. The summed E-state index contributed by atoms with van der Waals surface area (Å²) in [6.07, 6.45) is 4.84. The summed E-state index contributed by atoms with van der Waals surface area (Å²) in [5.41, 5.74) is 1.30. The monoisotopic (exact) mass is 329 g/mol. The molecule has 3 rings (SSSR count). The van der Waals surface area contributed by atoms with E-state index in [1.165, 1.54) is 12.0 Å². The van der Waals surface area contributed by atoms with Crippen molar-refractivity contribution in [3.05, 3.63) is 35.9 Å². The second-order valence-electron chi connectivity index (χ2n) is 6.77. The summed E-state index contributed by atoms with van der Waals surface area (Å²) in [6, 6.07) is 10.3. The van der Waals surface area contributed by atoms with E-state index in [9.17, 15) is 9.59 Å². The molecule has 0 bridgehead atoms. The predicted octanol–water partition coefficient (Wildman–Crippen LogP) is 2.59. The van der Waals surface area contributed by atoms with Crippen LogP contribution in [0.15, 0.2) is 30.3 Å². The molecular formula is C19H27N3O2. The van der Waals surface area contributed by atoms with Crippen molar-refractivity contribution in [3.63, 3.8) is 0 Å². The first-order chi connectivity index (χ1) is 11.7. The predicted molar refractivity (Wildman–Crippen MR) is 93.8 cm³/mol. The summed E-state index contributed by atoms with van der Waals surface area (Å²) in [6.45, 7) is 3.72. The second-order valence-corrected chi connectivity index (χ2v) is 6.77. The van der Waals surface area contributed by atoms with E-state index in [2.05, 4.69) is 17.4 Å². The number of urea groups is 1. The van der Waals surface area contributed by atoms with Crippen LogP contribution in [0.4, 0.5) is 4.79 Å². The van der Waals surface area contributed by atoms with Crippen molar-refractivity contribution in [2.75, 3.05) is 32.7 Å². The Labute approximate surface area is 144 Å². The number of benzene rings is 1. The third-order valence-electron chi connectivity index (χ3n) is 5.07. The Morgan fingerprint density at radius 1 is 1.00 bits per heavy atom. The molecule has 2 aliphatic rings. The minimum Gasteiger partial charge on any atom is -0.343 e. The molecule has 3 amide bonds. The fourth-order valence-corrected chi connectivity index (χ4v) is 3.63. The maximum absolute atomic E-state index is 12.3. The molecule has 0 unspecified atom stereocenters. The normalized spacial score (nSPS) is 20.9. The van der Waals surface area contributed by atoms with Crippen LogP contribution in [-0.2, 0) is 4.79 Å². The van der Waals surface area contributed by atoms with E-state index >= 15 is 0 Å². The molecule has 2 fully saturated rings. The van der Waals surface area contributed by atoms with Gasteiger partial charge in [-0.2, -0.15) is 0 Å². The van der Waals surface area contributed by atoms with Crippen molar-refractivity contribution >= 4 is 11.9 Å². The quantitative estimate of drug-likeness (QED) is 0.923. The van der Waals surface area contributed by atoms with Gasteiger partial charge in [0.1, 0.15) is 0 Å². The van der Waals surface area contributed by atoms with Gasteiger partial charge in [0.15, 0.2) is 0 Å². The highest BCUT2D eigenvalue weighted by Crippen LogP contribution is 2.26. The van der Waals surface area contributed by atoms with Gasteiger partial charge in [0.05, 0.1) is 0 Å². The molecule has 1 atom stereocenters. The van der Waals surface area contributed by atoms with Gasteiger partial charge >= 0.3 is 6.03 Å². The molecular weight excluding hydrogens is 302 g/mol. The van der Waals surface area contributed by atoms with Crippen molar-refractivity contribution in [2.45, 2.75) is 38.0 Å². The van der Waals surface area contributed by atoms with Crippen molar-refractivity contribution in [2.24, 2.45) is 0 Å². The topological polar surface area (TPSA) is 52.7 Å². The lowest BCUT2D eigenvalue weighted by molar-refractivity contribution is -0.131. The molecule has 2 aliphatic heterocycles. The van der Waals surface area contributed by atoms with Crippen LogP contribution >= 0.6 is 0 Å².